The molecule has 0 radical (unpaired) electrons. The van der Waals surface area contributed by atoms with Crippen LogP contribution in [0.4, 0.5) is 0 Å². The first-order valence-corrected chi connectivity index (χ1v) is 11.5. The van der Waals surface area contributed by atoms with Crippen LogP contribution in [0.2, 0.25) is 0 Å². The molecule has 3 nitrogen and oxygen atoms in total. The van der Waals surface area contributed by atoms with Crippen LogP contribution in [0, 0.1) is 5.92 Å². The van der Waals surface area contributed by atoms with Gasteiger partial charge in [-0.1, -0.05) is 69.2 Å². The average Bonchev–Trinajstić information content (AvgIpc) is 3.23. The minimum atomic E-state index is 0.131. The first-order chi connectivity index (χ1) is 13.7. The molecule has 0 unspecified atom stereocenters. The van der Waals surface area contributed by atoms with Gasteiger partial charge < -0.3 is 9.64 Å². The fourth-order valence-electron chi connectivity index (χ4n) is 3.63. The summed E-state index contributed by atoms with van der Waals surface area (Å²) in [5, 5.41) is 0.131. The second-order valence-corrected chi connectivity index (χ2v) is 8.53. The van der Waals surface area contributed by atoms with Gasteiger partial charge in [0.1, 0.15) is 17.7 Å². The maximum Gasteiger partial charge on any atom is 0.226 e. The predicted octanol–water partition coefficient (Wildman–Crippen LogP) is 6.06. The van der Waals surface area contributed by atoms with Crippen LogP contribution in [-0.4, -0.2) is 23.1 Å². The van der Waals surface area contributed by atoms with Gasteiger partial charge in [0.25, 0.3) is 0 Å². The van der Waals surface area contributed by atoms with E-state index in [-0.39, 0.29) is 11.3 Å². The van der Waals surface area contributed by atoms with Crippen LogP contribution >= 0.6 is 11.8 Å². The molecule has 2 atom stereocenters. The third-order valence-corrected chi connectivity index (χ3v) is 6.60. The molecule has 4 heteroatoms. The highest BCUT2D eigenvalue weighted by Gasteiger charge is 2.33. The largest absolute Gasteiger partial charge is 0.489 e. The van der Waals surface area contributed by atoms with Crippen molar-refractivity contribution in [3.05, 3.63) is 65.7 Å². The average molecular weight is 398 g/mol. The number of nitrogens with zero attached hydrogens (tertiary/aromatic N) is 1. The number of hydrogen-bond acceptors (Lipinski definition) is 3. The topological polar surface area (TPSA) is 29.5 Å². The molecule has 0 N–H and O–H groups in total. The highest BCUT2D eigenvalue weighted by Crippen LogP contribution is 2.39. The van der Waals surface area contributed by atoms with Crippen LogP contribution < -0.4 is 4.74 Å². The Balaban J connectivity index is 1.62. The monoisotopic (exact) mass is 397 g/mol. The zero-order valence-electron chi connectivity index (χ0n) is 17.0. The van der Waals surface area contributed by atoms with Gasteiger partial charge >= 0.3 is 0 Å². The molecule has 2 aromatic carbocycles. The lowest BCUT2D eigenvalue weighted by Gasteiger charge is -2.28. The van der Waals surface area contributed by atoms with Gasteiger partial charge in [0, 0.05) is 18.2 Å². The third-order valence-electron chi connectivity index (χ3n) is 5.34. The van der Waals surface area contributed by atoms with Crippen molar-refractivity contribution in [2.45, 2.75) is 51.5 Å². The minimum absolute atomic E-state index is 0.131. The van der Waals surface area contributed by atoms with E-state index in [1.165, 1.54) is 5.56 Å². The summed E-state index contributed by atoms with van der Waals surface area (Å²) < 4.78 is 5.90. The van der Waals surface area contributed by atoms with E-state index in [1.807, 2.05) is 42.1 Å². The fourth-order valence-corrected chi connectivity index (χ4v) is 4.89. The summed E-state index contributed by atoms with van der Waals surface area (Å²) in [6, 6.07) is 18.4. The second kappa shape index (κ2) is 10.6. The number of hydrogen-bond donors (Lipinski definition) is 0. The predicted molar refractivity (Wildman–Crippen MR) is 117 cm³/mol. The van der Waals surface area contributed by atoms with Gasteiger partial charge in [0.2, 0.25) is 5.91 Å². The maximum absolute atomic E-state index is 13.1. The SMILES string of the molecule is CCCC[C@@H](CC)C(=O)N1CCS[C@@H]1c1ccc(OCc2ccccc2)cc1. The van der Waals surface area contributed by atoms with Crippen molar-refractivity contribution in [3.63, 3.8) is 0 Å². The summed E-state index contributed by atoms with van der Waals surface area (Å²) in [7, 11) is 0. The molecule has 0 bridgehead atoms. The van der Waals surface area contributed by atoms with Crippen LogP contribution in [0.15, 0.2) is 54.6 Å². The van der Waals surface area contributed by atoms with Crippen molar-refractivity contribution >= 4 is 17.7 Å². The van der Waals surface area contributed by atoms with E-state index in [0.29, 0.717) is 12.5 Å². The van der Waals surface area contributed by atoms with E-state index < -0.39 is 0 Å². The number of ether oxygens (including phenoxy) is 1. The minimum Gasteiger partial charge on any atom is -0.489 e. The summed E-state index contributed by atoms with van der Waals surface area (Å²) in [5.41, 5.74) is 2.35. The molecule has 28 heavy (non-hydrogen) atoms. The summed E-state index contributed by atoms with van der Waals surface area (Å²) in [6.07, 6.45) is 4.21. The fraction of sp³-hybridized carbons (Fsp3) is 0.458. The number of rotatable bonds is 9. The Labute approximate surface area is 173 Å². The Morgan fingerprint density at radius 2 is 1.89 bits per heavy atom. The standard InChI is InChI=1S/C24H31NO2S/c1-3-5-11-20(4-2)23(26)25-16-17-28-24(25)21-12-14-22(15-13-21)27-18-19-9-7-6-8-10-19/h6-10,12-15,20,24H,3-5,11,16-18H2,1-2H3/t20-,24-/m1/s1. The van der Waals surface area contributed by atoms with Crippen molar-refractivity contribution < 1.29 is 9.53 Å². The molecule has 1 heterocycles. The number of carbonyl (C=O) groups excluding carboxylic acids is 1. The van der Waals surface area contributed by atoms with E-state index in [9.17, 15) is 4.79 Å². The molecule has 1 aliphatic heterocycles. The molecule has 0 spiro atoms. The first-order valence-electron chi connectivity index (χ1n) is 10.4. The summed E-state index contributed by atoms with van der Waals surface area (Å²) in [6.45, 7) is 5.74. The van der Waals surface area contributed by atoms with E-state index >= 15 is 0 Å². The van der Waals surface area contributed by atoms with Crippen molar-refractivity contribution in [1.29, 1.82) is 0 Å². The molecule has 0 saturated carbocycles. The molecule has 2 aromatic rings. The van der Waals surface area contributed by atoms with Crippen molar-refractivity contribution in [2.75, 3.05) is 12.3 Å². The van der Waals surface area contributed by atoms with E-state index in [0.717, 1.165) is 49.3 Å². The first kappa shape index (κ1) is 20.8. The zero-order chi connectivity index (χ0) is 19.8. The van der Waals surface area contributed by atoms with Gasteiger partial charge in [-0.2, -0.15) is 0 Å². The van der Waals surface area contributed by atoms with Crippen LogP contribution in [0.25, 0.3) is 0 Å². The lowest BCUT2D eigenvalue weighted by atomic mass is 9.97. The molecule has 150 valence electrons. The number of unbranched alkanes of at least 4 members (excludes halogenated alkanes) is 1. The summed E-state index contributed by atoms with van der Waals surface area (Å²) in [5.74, 6) is 2.36. The van der Waals surface area contributed by atoms with Crippen LogP contribution in [0.3, 0.4) is 0 Å². The molecule has 1 saturated heterocycles. The Kier molecular flexibility index (Phi) is 7.84. The number of amides is 1. The highest BCUT2D eigenvalue weighted by molar-refractivity contribution is 7.99. The molecular formula is C24H31NO2S. The number of benzene rings is 2. The van der Waals surface area contributed by atoms with Crippen LogP contribution in [-0.2, 0) is 11.4 Å². The summed E-state index contributed by atoms with van der Waals surface area (Å²) >= 11 is 1.86. The molecule has 0 aromatic heterocycles. The Morgan fingerprint density at radius 1 is 1.14 bits per heavy atom. The van der Waals surface area contributed by atoms with Crippen LogP contribution in [0.5, 0.6) is 5.75 Å². The third kappa shape index (κ3) is 5.32. The van der Waals surface area contributed by atoms with Gasteiger partial charge in [-0.15, -0.1) is 11.8 Å². The summed E-state index contributed by atoms with van der Waals surface area (Å²) in [4.78, 5) is 15.2. The van der Waals surface area contributed by atoms with Crippen molar-refractivity contribution in [2.24, 2.45) is 5.92 Å². The zero-order valence-corrected chi connectivity index (χ0v) is 17.8. The molecule has 1 aliphatic rings. The quantitative estimate of drug-likeness (QED) is 0.515. The molecule has 1 amide bonds. The van der Waals surface area contributed by atoms with Crippen molar-refractivity contribution in [3.8, 4) is 5.75 Å². The van der Waals surface area contributed by atoms with Gasteiger partial charge in [-0.25, -0.2) is 0 Å². The van der Waals surface area contributed by atoms with Gasteiger partial charge in [-0.3, -0.25) is 4.79 Å². The van der Waals surface area contributed by atoms with Crippen molar-refractivity contribution in [1.82, 2.24) is 4.90 Å². The molecular weight excluding hydrogens is 366 g/mol. The van der Waals surface area contributed by atoms with E-state index in [1.54, 1.807) is 0 Å². The normalized spacial score (nSPS) is 17.5. The Morgan fingerprint density at radius 3 is 2.57 bits per heavy atom. The highest BCUT2D eigenvalue weighted by atomic mass is 32.2. The van der Waals surface area contributed by atoms with Gasteiger partial charge in [-0.05, 0) is 36.1 Å². The Bertz CT molecular complexity index is 732. The maximum atomic E-state index is 13.1. The second-order valence-electron chi connectivity index (χ2n) is 7.35. The van der Waals surface area contributed by atoms with Gasteiger partial charge in [0.05, 0.1) is 0 Å². The smallest absolute Gasteiger partial charge is 0.226 e. The van der Waals surface area contributed by atoms with E-state index in [4.69, 9.17) is 4.74 Å². The van der Waals surface area contributed by atoms with Gasteiger partial charge in [0.15, 0.2) is 0 Å². The molecule has 3 rings (SSSR count). The van der Waals surface area contributed by atoms with E-state index in [2.05, 4.69) is 43.0 Å². The lowest BCUT2D eigenvalue weighted by Crippen LogP contribution is -2.35. The van der Waals surface area contributed by atoms with Crippen LogP contribution in [0.1, 0.15) is 56.0 Å². The Hall–Kier alpha value is -1.94. The molecule has 1 fully saturated rings. The molecule has 0 aliphatic carbocycles. The number of thioether (sulfide) groups is 1. The lowest BCUT2D eigenvalue weighted by molar-refractivity contribution is -0.136. The number of carbonyl (C=O) groups is 1.